The second-order valence-corrected chi connectivity index (χ2v) is 7.35. The van der Waals surface area contributed by atoms with Crippen LogP contribution in [-0.4, -0.2) is 7.85 Å². The SMILES string of the molecule is [B]c1ccc(C(CC(C)(C)C)C(C)(C)C)cc1. The molecule has 1 unspecified atom stereocenters. The Bertz CT molecular complexity index is 349. The Kier molecular flexibility index (Phi) is 4.12. The first-order valence-corrected chi connectivity index (χ1v) is 6.45. The third-order valence-corrected chi connectivity index (χ3v) is 3.20. The van der Waals surface area contributed by atoms with Crippen LogP contribution >= 0.6 is 0 Å². The number of hydrogen-bond donors (Lipinski definition) is 0. The van der Waals surface area contributed by atoms with Gasteiger partial charge in [-0.25, -0.2) is 0 Å². The lowest BCUT2D eigenvalue weighted by Gasteiger charge is -2.36. The lowest BCUT2D eigenvalue weighted by molar-refractivity contribution is 0.229. The summed E-state index contributed by atoms with van der Waals surface area (Å²) in [7, 11) is 5.76. The van der Waals surface area contributed by atoms with E-state index in [0.29, 0.717) is 11.3 Å². The van der Waals surface area contributed by atoms with E-state index in [2.05, 4.69) is 53.7 Å². The normalized spacial score (nSPS) is 14.7. The average molecular weight is 228 g/mol. The van der Waals surface area contributed by atoms with Crippen molar-refractivity contribution in [2.24, 2.45) is 10.8 Å². The molecule has 1 heteroatoms. The highest BCUT2D eigenvalue weighted by atomic mass is 14.3. The molecule has 0 spiro atoms. The van der Waals surface area contributed by atoms with E-state index in [9.17, 15) is 0 Å². The Morgan fingerprint density at radius 3 is 1.76 bits per heavy atom. The van der Waals surface area contributed by atoms with Crippen LogP contribution in [0, 0.1) is 10.8 Å². The molecule has 0 bridgehead atoms. The fourth-order valence-electron chi connectivity index (χ4n) is 2.26. The van der Waals surface area contributed by atoms with E-state index >= 15 is 0 Å². The summed E-state index contributed by atoms with van der Waals surface area (Å²) in [4.78, 5) is 0. The van der Waals surface area contributed by atoms with E-state index in [1.54, 1.807) is 0 Å². The molecule has 0 N–H and O–H groups in total. The van der Waals surface area contributed by atoms with Crippen LogP contribution in [0.5, 0.6) is 0 Å². The number of hydrogen-bond acceptors (Lipinski definition) is 0. The molecule has 0 amide bonds. The van der Waals surface area contributed by atoms with Crippen molar-refractivity contribution in [3.63, 3.8) is 0 Å². The molecule has 0 saturated heterocycles. The van der Waals surface area contributed by atoms with Crippen LogP contribution in [0.3, 0.4) is 0 Å². The minimum Gasteiger partial charge on any atom is -0.0967 e. The molecule has 1 atom stereocenters. The summed E-state index contributed by atoms with van der Waals surface area (Å²) in [5, 5.41) is 0. The highest BCUT2D eigenvalue weighted by molar-refractivity contribution is 6.32. The van der Waals surface area contributed by atoms with Gasteiger partial charge < -0.3 is 0 Å². The molecule has 2 radical (unpaired) electrons. The Hall–Kier alpha value is -0.715. The van der Waals surface area contributed by atoms with Gasteiger partial charge >= 0.3 is 0 Å². The Balaban J connectivity index is 3.03. The molecule has 0 nitrogen and oxygen atoms in total. The van der Waals surface area contributed by atoms with Gasteiger partial charge in [0, 0.05) is 0 Å². The first kappa shape index (κ1) is 14.3. The van der Waals surface area contributed by atoms with Crippen molar-refractivity contribution in [2.75, 3.05) is 0 Å². The van der Waals surface area contributed by atoms with Crippen molar-refractivity contribution in [2.45, 2.75) is 53.9 Å². The fourth-order valence-corrected chi connectivity index (χ4v) is 2.26. The molecule has 1 rings (SSSR count). The summed E-state index contributed by atoms with van der Waals surface area (Å²) in [6.07, 6.45) is 1.19. The quantitative estimate of drug-likeness (QED) is 0.670. The zero-order valence-electron chi connectivity index (χ0n) is 12.2. The molecular weight excluding hydrogens is 203 g/mol. The first-order valence-electron chi connectivity index (χ1n) is 6.45. The second kappa shape index (κ2) is 4.88. The van der Waals surface area contributed by atoms with Gasteiger partial charge in [-0.15, -0.1) is 0 Å². The molecule has 17 heavy (non-hydrogen) atoms. The maximum absolute atomic E-state index is 5.76. The molecule has 0 fully saturated rings. The molecule has 0 heterocycles. The third-order valence-electron chi connectivity index (χ3n) is 3.20. The highest BCUT2D eigenvalue weighted by Gasteiger charge is 2.30. The van der Waals surface area contributed by atoms with Crippen LogP contribution < -0.4 is 5.46 Å². The van der Waals surface area contributed by atoms with Crippen LogP contribution in [0.15, 0.2) is 24.3 Å². The van der Waals surface area contributed by atoms with Gasteiger partial charge in [0.25, 0.3) is 0 Å². The number of rotatable bonds is 2. The summed E-state index contributed by atoms with van der Waals surface area (Å²) in [5.74, 6) is 0.572. The molecule has 0 aromatic heterocycles. The predicted octanol–water partition coefficient (Wildman–Crippen LogP) is 4.05. The van der Waals surface area contributed by atoms with Crippen LogP contribution in [-0.2, 0) is 0 Å². The van der Waals surface area contributed by atoms with E-state index in [1.807, 2.05) is 12.1 Å². The predicted molar refractivity (Wildman–Crippen MR) is 78.1 cm³/mol. The highest BCUT2D eigenvalue weighted by Crippen LogP contribution is 2.42. The van der Waals surface area contributed by atoms with E-state index in [0.717, 1.165) is 5.46 Å². The van der Waals surface area contributed by atoms with E-state index < -0.39 is 0 Å². The van der Waals surface area contributed by atoms with Crippen LogP contribution in [0.25, 0.3) is 0 Å². The van der Waals surface area contributed by atoms with Gasteiger partial charge in [0.15, 0.2) is 0 Å². The average Bonchev–Trinajstić information content (AvgIpc) is 2.13. The van der Waals surface area contributed by atoms with Crippen molar-refractivity contribution < 1.29 is 0 Å². The van der Waals surface area contributed by atoms with Crippen molar-refractivity contribution in [3.05, 3.63) is 29.8 Å². The zero-order valence-corrected chi connectivity index (χ0v) is 12.2. The largest absolute Gasteiger partial charge is 0.113 e. The molecule has 0 aliphatic rings. The zero-order chi connectivity index (χ0) is 13.3. The standard InChI is InChI=1S/C16H25B/c1-15(2,3)11-14(16(4,5)6)12-7-9-13(17)10-8-12/h7-10,14H,11H2,1-6H3. The lowest BCUT2D eigenvalue weighted by atomic mass is 9.69. The molecule has 0 saturated carbocycles. The number of benzene rings is 1. The smallest absolute Gasteiger partial charge is 0.0967 e. The molecule has 0 aliphatic heterocycles. The van der Waals surface area contributed by atoms with Crippen LogP contribution in [0.4, 0.5) is 0 Å². The molecule has 1 aromatic rings. The molecule has 1 aromatic carbocycles. The second-order valence-electron chi connectivity index (χ2n) is 7.35. The monoisotopic (exact) mass is 228 g/mol. The van der Waals surface area contributed by atoms with Gasteiger partial charge in [0.05, 0.1) is 0 Å². The van der Waals surface area contributed by atoms with Crippen molar-refractivity contribution in [1.29, 1.82) is 0 Å². The molecule has 92 valence electrons. The maximum atomic E-state index is 5.76. The summed E-state index contributed by atoms with van der Waals surface area (Å²) in [6.45, 7) is 13.9. The van der Waals surface area contributed by atoms with E-state index in [1.165, 1.54) is 12.0 Å². The Morgan fingerprint density at radius 2 is 1.41 bits per heavy atom. The summed E-state index contributed by atoms with van der Waals surface area (Å²) in [5.41, 5.74) is 2.88. The summed E-state index contributed by atoms with van der Waals surface area (Å²) in [6, 6.07) is 8.38. The Morgan fingerprint density at radius 1 is 0.941 bits per heavy atom. The summed E-state index contributed by atoms with van der Waals surface area (Å²) < 4.78 is 0. The maximum Gasteiger partial charge on any atom is 0.113 e. The van der Waals surface area contributed by atoms with Gasteiger partial charge in [0.2, 0.25) is 0 Å². The topological polar surface area (TPSA) is 0 Å². The van der Waals surface area contributed by atoms with Crippen molar-refractivity contribution in [1.82, 2.24) is 0 Å². The van der Waals surface area contributed by atoms with Crippen LogP contribution in [0.1, 0.15) is 59.4 Å². The van der Waals surface area contributed by atoms with E-state index in [4.69, 9.17) is 7.85 Å². The minimum atomic E-state index is 0.281. The molecule has 0 aliphatic carbocycles. The third kappa shape index (κ3) is 4.57. The Labute approximate surface area is 108 Å². The molecular formula is C16H25B. The van der Waals surface area contributed by atoms with Crippen molar-refractivity contribution in [3.8, 4) is 0 Å². The van der Waals surface area contributed by atoms with Gasteiger partial charge in [-0.2, -0.15) is 0 Å². The van der Waals surface area contributed by atoms with Gasteiger partial charge in [-0.3, -0.25) is 0 Å². The van der Waals surface area contributed by atoms with Gasteiger partial charge in [-0.1, -0.05) is 71.3 Å². The van der Waals surface area contributed by atoms with Crippen LogP contribution in [0.2, 0.25) is 0 Å². The van der Waals surface area contributed by atoms with Crippen molar-refractivity contribution >= 4 is 13.3 Å². The van der Waals surface area contributed by atoms with Gasteiger partial charge in [0.1, 0.15) is 7.85 Å². The fraction of sp³-hybridized carbons (Fsp3) is 0.625. The van der Waals surface area contributed by atoms with E-state index in [-0.39, 0.29) is 5.41 Å². The lowest BCUT2D eigenvalue weighted by Crippen LogP contribution is -2.24. The first-order chi connectivity index (χ1) is 7.59. The minimum absolute atomic E-state index is 0.281. The van der Waals surface area contributed by atoms with Gasteiger partial charge in [-0.05, 0) is 28.7 Å². The summed E-state index contributed by atoms with van der Waals surface area (Å²) >= 11 is 0.